The number of carbonyl (C=O) groups excluding carboxylic acids is 2. The number of Topliss-reactive ketones (excluding diaryl/α,β-unsaturated/α-hetero) is 2. The van der Waals surface area contributed by atoms with E-state index in [1.807, 2.05) is 30.3 Å². The van der Waals surface area contributed by atoms with Crippen LogP contribution in [-0.4, -0.2) is 11.6 Å². The second-order valence-corrected chi connectivity index (χ2v) is 9.03. The van der Waals surface area contributed by atoms with Gasteiger partial charge in [-0.05, 0) is 69.5 Å². The van der Waals surface area contributed by atoms with Crippen molar-refractivity contribution in [3.8, 4) is 11.8 Å². The molecule has 0 aliphatic heterocycles. The largest absolute Gasteiger partial charge is 0.487 e. The van der Waals surface area contributed by atoms with Crippen LogP contribution in [0.15, 0.2) is 66.2 Å². The second kappa shape index (κ2) is 8.70. The fourth-order valence-corrected chi connectivity index (χ4v) is 5.35. The number of nitriles is 1. The van der Waals surface area contributed by atoms with Gasteiger partial charge in [-0.2, -0.15) is 5.26 Å². The highest BCUT2D eigenvalue weighted by atomic mass is 127. The van der Waals surface area contributed by atoms with E-state index in [4.69, 9.17) is 4.74 Å². The van der Waals surface area contributed by atoms with Crippen molar-refractivity contribution >= 4 is 62.8 Å². The average molecular weight is 617 g/mol. The first-order chi connectivity index (χ1) is 14.5. The van der Waals surface area contributed by atoms with Gasteiger partial charge in [0.05, 0.1) is 20.8 Å². The maximum Gasteiger partial charge on any atom is 0.197 e. The Morgan fingerprint density at radius 1 is 0.933 bits per heavy atom. The lowest BCUT2D eigenvalue weighted by Gasteiger charge is -2.13. The number of hydrogen-bond acceptors (Lipinski definition) is 4. The van der Waals surface area contributed by atoms with E-state index >= 15 is 0 Å². The Bertz CT molecular complexity index is 1230. The maximum atomic E-state index is 12.8. The van der Waals surface area contributed by atoms with Gasteiger partial charge < -0.3 is 4.74 Å². The molecule has 3 aromatic rings. The summed E-state index contributed by atoms with van der Waals surface area (Å²) >= 11 is 4.37. The average Bonchev–Trinajstić information content (AvgIpc) is 2.98. The summed E-state index contributed by atoms with van der Waals surface area (Å²) in [4.78, 5) is 25.6. The topological polar surface area (TPSA) is 67.2 Å². The van der Waals surface area contributed by atoms with Crippen LogP contribution in [0.4, 0.5) is 0 Å². The number of allylic oxidation sites excluding steroid dienone is 1. The second-order valence-electron chi connectivity index (χ2n) is 6.63. The van der Waals surface area contributed by atoms with Crippen LogP contribution in [0.1, 0.15) is 37.4 Å². The molecule has 0 heterocycles. The van der Waals surface area contributed by atoms with E-state index in [-0.39, 0.29) is 23.7 Å². The molecule has 1 aliphatic carbocycles. The van der Waals surface area contributed by atoms with Gasteiger partial charge in [0.1, 0.15) is 12.4 Å². The maximum absolute atomic E-state index is 12.8. The van der Waals surface area contributed by atoms with Crippen LogP contribution >= 0.6 is 45.2 Å². The van der Waals surface area contributed by atoms with Crippen LogP contribution in [0.5, 0.6) is 5.75 Å². The van der Waals surface area contributed by atoms with Gasteiger partial charge in [-0.15, -0.1) is 0 Å². The van der Waals surface area contributed by atoms with Gasteiger partial charge in [0.2, 0.25) is 0 Å². The van der Waals surface area contributed by atoms with E-state index in [0.29, 0.717) is 28.0 Å². The van der Waals surface area contributed by atoms with Crippen molar-refractivity contribution in [2.45, 2.75) is 6.61 Å². The van der Waals surface area contributed by atoms with E-state index in [9.17, 15) is 14.9 Å². The molecule has 0 amide bonds. The van der Waals surface area contributed by atoms with Gasteiger partial charge in [0.15, 0.2) is 11.6 Å². The van der Waals surface area contributed by atoms with Crippen LogP contribution in [0.2, 0.25) is 0 Å². The summed E-state index contributed by atoms with van der Waals surface area (Å²) in [5, 5.41) is 9.30. The summed E-state index contributed by atoms with van der Waals surface area (Å²) in [5.41, 5.74) is 2.98. The van der Waals surface area contributed by atoms with Crippen LogP contribution in [0.3, 0.4) is 0 Å². The first kappa shape index (κ1) is 20.8. The van der Waals surface area contributed by atoms with Crippen molar-refractivity contribution in [2.75, 3.05) is 0 Å². The number of ketones is 2. The monoisotopic (exact) mass is 617 g/mol. The SMILES string of the molecule is N#Cc1ccccc1COc1c(I)cc(I)cc1C=C1C(=O)c2ccccc2C1=O. The van der Waals surface area contributed by atoms with Crippen LogP contribution in [0.25, 0.3) is 6.08 Å². The van der Waals surface area contributed by atoms with Gasteiger partial charge >= 0.3 is 0 Å². The van der Waals surface area contributed by atoms with Gasteiger partial charge in [0, 0.05) is 25.8 Å². The molecule has 30 heavy (non-hydrogen) atoms. The molecule has 0 saturated heterocycles. The zero-order chi connectivity index (χ0) is 21.3. The molecule has 0 aromatic heterocycles. The Hall–Kier alpha value is -2.51. The van der Waals surface area contributed by atoms with Crippen molar-refractivity contribution in [3.05, 3.63) is 101 Å². The molecule has 0 atom stereocenters. The van der Waals surface area contributed by atoms with Crippen molar-refractivity contribution < 1.29 is 14.3 Å². The lowest BCUT2D eigenvalue weighted by molar-refractivity contribution is 0.0990. The predicted molar refractivity (Wildman–Crippen MR) is 130 cm³/mol. The molecule has 6 heteroatoms. The Morgan fingerprint density at radius 2 is 1.57 bits per heavy atom. The molecule has 0 fully saturated rings. The van der Waals surface area contributed by atoms with Crippen molar-refractivity contribution in [1.29, 1.82) is 5.26 Å². The van der Waals surface area contributed by atoms with Crippen LogP contribution in [-0.2, 0) is 6.61 Å². The molecule has 1 aliphatic rings. The van der Waals surface area contributed by atoms with E-state index in [1.54, 1.807) is 36.4 Å². The number of fused-ring (bicyclic) bond motifs is 1. The smallest absolute Gasteiger partial charge is 0.197 e. The molecule has 3 aromatic carbocycles. The Kier molecular flexibility index (Phi) is 6.01. The molecule has 0 spiro atoms. The summed E-state index contributed by atoms with van der Waals surface area (Å²) < 4.78 is 7.90. The summed E-state index contributed by atoms with van der Waals surface area (Å²) in [6, 6.07) is 20.1. The van der Waals surface area contributed by atoms with E-state index in [2.05, 4.69) is 51.3 Å². The number of halogens is 2. The van der Waals surface area contributed by atoms with Gasteiger partial charge in [0.25, 0.3) is 0 Å². The molecular weight excluding hydrogens is 604 g/mol. The predicted octanol–water partition coefficient (Wildman–Crippen LogP) is 5.81. The lowest BCUT2D eigenvalue weighted by atomic mass is 10.1. The Labute approximate surface area is 200 Å². The summed E-state index contributed by atoms with van der Waals surface area (Å²) in [6.07, 6.45) is 1.61. The van der Waals surface area contributed by atoms with E-state index in [0.717, 1.165) is 12.7 Å². The summed E-state index contributed by atoms with van der Waals surface area (Å²) in [6.45, 7) is 0.207. The molecule has 0 radical (unpaired) electrons. The number of ether oxygens (including phenoxy) is 1. The van der Waals surface area contributed by atoms with Gasteiger partial charge in [-0.25, -0.2) is 0 Å². The normalized spacial score (nSPS) is 12.5. The lowest BCUT2D eigenvalue weighted by Crippen LogP contribution is -2.04. The number of carbonyl (C=O) groups is 2. The first-order valence-corrected chi connectivity index (χ1v) is 11.2. The minimum absolute atomic E-state index is 0.135. The van der Waals surface area contributed by atoms with Gasteiger partial charge in [-0.1, -0.05) is 42.5 Å². The standard InChI is InChI=1S/C24H13I2NO3/c25-17-9-16(10-20-22(28)18-7-3-4-8-19(18)23(20)29)24(21(26)11-17)30-13-15-6-2-1-5-14(15)12-27/h1-11H,13H2. The third-order valence-corrected chi connectivity index (χ3v) is 6.18. The minimum atomic E-state index is -0.273. The number of hydrogen-bond donors (Lipinski definition) is 0. The summed E-state index contributed by atoms with van der Waals surface area (Å²) in [5.74, 6) is 0.0308. The van der Waals surface area contributed by atoms with E-state index in [1.165, 1.54) is 0 Å². The first-order valence-electron chi connectivity index (χ1n) is 8.99. The third kappa shape index (κ3) is 3.91. The fraction of sp³-hybridized carbons (Fsp3) is 0.0417. The van der Waals surface area contributed by atoms with Gasteiger partial charge in [-0.3, -0.25) is 9.59 Å². The zero-order valence-corrected chi connectivity index (χ0v) is 19.8. The molecule has 0 saturated carbocycles. The van der Waals surface area contributed by atoms with Crippen molar-refractivity contribution in [1.82, 2.24) is 0 Å². The molecular formula is C24H13I2NO3. The number of nitrogens with zero attached hydrogens (tertiary/aromatic N) is 1. The minimum Gasteiger partial charge on any atom is -0.487 e. The van der Waals surface area contributed by atoms with Crippen LogP contribution in [0, 0.1) is 18.5 Å². The van der Waals surface area contributed by atoms with Crippen molar-refractivity contribution in [2.24, 2.45) is 0 Å². The molecule has 4 nitrogen and oxygen atoms in total. The molecule has 146 valence electrons. The highest BCUT2D eigenvalue weighted by Crippen LogP contribution is 2.34. The Morgan fingerprint density at radius 3 is 2.23 bits per heavy atom. The molecule has 4 rings (SSSR count). The number of rotatable bonds is 4. The molecule has 0 unspecified atom stereocenters. The summed E-state index contributed by atoms with van der Waals surface area (Å²) in [7, 11) is 0. The molecule has 0 bridgehead atoms. The fourth-order valence-electron chi connectivity index (χ4n) is 3.30. The number of benzene rings is 3. The zero-order valence-electron chi connectivity index (χ0n) is 15.5. The van der Waals surface area contributed by atoms with Crippen molar-refractivity contribution in [3.63, 3.8) is 0 Å². The quantitative estimate of drug-likeness (QED) is 0.211. The van der Waals surface area contributed by atoms with Crippen LogP contribution < -0.4 is 4.74 Å². The van der Waals surface area contributed by atoms with E-state index < -0.39 is 0 Å². The Balaban J connectivity index is 1.73. The highest BCUT2D eigenvalue weighted by molar-refractivity contribution is 14.1. The third-order valence-electron chi connectivity index (χ3n) is 4.75. The highest BCUT2D eigenvalue weighted by Gasteiger charge is 2.32. The molecule has 0 N–H and O–H groups in total.